The van der Waals surface area contributed by atoms with Gasteiger partial charge in [-0.2, -0.15) is 5.10 Å². The van der Waals surface area contributed by atoms with E-state index in [-0.39, 0.29) is 28.6 Å². The van der Waals surface area contributed by atoms with Gasteiger partial charge in [0.2, 0.25) is 0 Å². The fourth-order valence-electron chi connectivity index (χ4n) is 2.19. The highest BCUT2D eigenvalue weighted by Crippen LogP contribution is 2.25. The van der Waals surface area contributed by atoms with E-state index in [1.165, 1.54) is 26.0 Å². The number of nitrogens with one attached hydrogen (secondary N) is 1. The van der Waals surface area contributed by atoms with Gasteiger partial charge in [-0.25, -0.2) is 0 Å². The maximum absolute atomic E-state index is 11.8. The molecule has 0 aliphatic heterocycles. The SMILES string of the molecule is Cc1nn(CC(=O)OCC(=O)Nc2ccc(Cl)c(Cl)c2)c(C)c1[N+](=O)[O-]. The van der Waals surface area contributed by atoms with E-state index in [2.05, 4.69) is 10.4 Å². The molecule has 0 saturated heterocycles. The van der Waals surface area contributed by atoms with Crippen molar-refractivity contribution in [2.75, 3.05) is 11.9 Å². The van der Waals surface area contributed by atoms with E-state index in [9.17, 15) is 19.7 Å². The standard InChI is InChI=1S/C15H14Cl2N4O5/c1-8-15(21(24)25)9(2)20(19-8)6-14(23)26-7-13(22)18-10-3-4-11(16)12(17)5-10/h3-5H,6-7H2,1-2H3,(H,18,22). The van der Waals surface area contributed by atoms with E-state index in [4.69, 9.17) is 27.9 Å². The average molecular weight is 401 g/mol. The molecule has 138 valence electrons. The number of esters is 1. The van der Waals surface area contributed by atoms with E-state index in [1.807, 2.05) is 0 Å². The van der Waals surface area contributed by atoms with E-state index in [0.717, 1.165) is 4.68 Å². The normalized spacial score (nSPS) is 10.5. The van der Waals surface area contributed by atoms with E-state index < -0.39 is 23.4 Å². The summed E-state index contributed by atoms with van der Waals surface area (Å²) in [5.41, 5.74) is 0.659. The number of carbonyl (C=O) groups is 2. The molecule has 0 spiro atoms. The first-order valence-corrected chi connectivity index (χ1v) is 8.03. The molecule has 1 heterocycles. The lowest BCUT2D eigenvalue weighted by molar-refractivity contribution is -0.386. The highest BCUT2D eigenvalue weighted by atomic mass is 35.5. The Morgan fingerprint density at radius 1 is 1.31 bits per heavy atom. The predicted molar refractivity (Wildman–Crippen MR) is 94.4 cm³/mol. The number of ether oxygens (including phenoxy) is 1. The van der Waals surface area contributed by atoms with Crippen LogP contribution in [0.25, 0.3) is 0 Å². The molecule has 11 heteroatoms. The highest BCUT2D eigenvalue weighted by molar-refractivity contribution is 6.42. The molecule has 0 aliphatic rings. The van der Waals surface area contributed by atoms with Crippen molar-refractivity contribution in [1.29, 1.82) is 0 Å². The number of aromatic nitrogens is 2. The summed E-state index contributed by atoms with van der Waals surface area (Å²) >= 11 is 11.6. The summed E-state index contributed by atoms with van der Waals surface area (Å²) in [5.74, 6) is -1.33. The summed E-state index contributed by atoms with van der Waals surface area (Å²) < 4.78 is 6.02. The van der Waals surface area contributed by atoms with Gasteiger partial charge < -0.3 is 10.1 Å². The second-order valence-electron chi connectivity index (χ2n) is 5.27. The molecule has 26 heavy (non-hydrogen) atoms. The van der Waals surface area contributed by atoms with Gasteiger partial charge in [-0.1, -0.05) is 23.2 Å². The van der Waals surface area contributed by atoms with Crippen molar-refractivity contribution in [1.82, 2.24) is 9.78 Å². The van der Waals surface area contributed by atoms with Crippen molar-refractivity contribution in [3.63, 3.8) is 0 Å². The zero-order chi connectivity index (χ0) is 19.4. The van der Waals surface area contributed by atoms with Crippen molar-refractivity contribution in [3.8, 4) is 0 Å². The van der Waals surface area contributed by atoms with Gasteiger partial charge >= 0.3 is 11.7 Å². The second kappa shape index (κ2) is 8.15. The Morgan fingerprint density at radius 3 is 2.58 bits per heavy atom. The predicted octanol–water partition coefficient (Wildman–Crippen LogP) is 2.90. The molecule has 0 saturated carbocycles. The molecule has 0 aliphatic carbocycles. The summed E-state index contributed by atoms with van der Waals surface area (Å²) in [5, 5.41) is 18.0. The number of rotatable bonds is 6. The molecule has 1 N–H and O–H groups in total. The fourth-order valence-corrected chi connectivity index (χ4v) is 2.49. The molecule has 2 aromatic rings. The van der Waals surface area contributed by atoms with Crippen LogP contribution in [-0.4, -0.2) is 33.2 Å². The summed E-state index contributed by atoms with van der Waals surface area (Å²) in [6.07, 6.45) is 0. The first kappa shape index (κ1) is 19.7. The summed E-state index contributed by atoms with van der Waals surface area (Å²) in [7, 11) is 0. The zero-order valence-electron chi connectivity index (χ0n) is 13.8. The van der Waals surface area contributed by atoms with Crippen molar-refractivity contribution < 1.29 is 19.2 Å². The van der Waals surface area contributed by atoms with Gasteiger partial charge in [0.25, 0.3) is 5.91 Å². The van der Waals surface area contributed by atoms with E-state index >= 15 is 0 Å². The summed E-state index contributed by atoms with van der Waals surface area (Å²) in [4.78, 5) is 34.0. The van der Waals surface area contributed by atoms with Gasteiger partial charge in [-0.15, -0.1) is 0 Å². The number of hydrogen-bond donors (Lipinski definition) is 1. The van der Waals surface area contributed by atoms with E-state index in [0.29, 0.717) is 10.7 Å². The maximum Gasteiger partial charge on any atom is 0.328 e. The van der Waals surface area contributed by atoms with Crippen molar-refractivity contribution in [2.45, 2.75) is 20.4 Å². The largest absolute Gasteiger partial charge is 0.454 e. The molecule has 0 fully saturated rings. The maximum atomic E-state index is 11.8. The van der Waals surface area contributed by atoms with Crippen LogP contribution in [0, 0.1) is 24.0 Å². The van der Waals surface area contributed by atoms with Gasteiger partial charge in [-0.3, -0.25) is 24.4 Å². The van der Waals surface area contributed by atoms with Crippen LogP contribution in [-0.2, 0) is 20.9 Å². The lowest BCUT2D eigenvalue weighted by atomic mass is 10.3. The minimum atomic E-state index is -0.755. The molecule has 9 nitrogen and oxygen atoms in total. The number of aryl methyl sites for hydroxylation is 1. The van der Waals surface area contributed by atoms with Crippen molar-refractivity contribution >= 4 is 46.5 Å². The third kappa shape index (κ3) is 4.70. The molecule has 1 aromatic heterocycles. The third-order valence-electron chi connectivity index (χ3n) is 3.37. The molecule has 1 aromatic carbocycles. The number of nitro groups is 1. The number of carbonyl (C=O) groups excluding carboxylic acids is 2. The number of hydrogen-bond acceptors (Lipinski definition) is 6. The number of anilines is 1. The Bertz CT molecular complexity index is 881. The summed E-state index contributed by atoms with van der Waals surface area (Å²) in [6.45, 7) is 2.07. The van der Waals surface area contributed by atoms with Crippen LogP contribution >= 0.6 is 23.2 Å². The van der Waals surface area contributed by atoms with Crippen molar-refractivity contribution in [3.05, 3.63) is 49.7 Å². The van der Waals surface area contributed by atoms with Crippen LogP contribution in [0.3, 0.4) is 0 Å². The Balaban J connectivity index is 1.90. The first-order chi connectivity index (χ1) is 12.2. The molecule has 2 rings (SSSR count). The minimum Gasteiger partial charge on any atom is -0.454 e. The lowest BCUT2D eigenvalue weighted by Crippen LogP contribution is -2.23. The number of benzene rings is 1. The quantitative estimate of drug-likeness (QED) is 0.452. The number of amides is 1. The first-order valence-electron chi connectivity index (χ1n) is 7.28. The monoisotopic (exact) mass is 400 g/mol. The second-order valence-corrected chi connectivity index (χ2v) is 6.09. The van der Waals surface area contributed by atoms with Crippen LogP contribution in [0.4, 0.5) is 11.4 Å². The molecule has 0 radical (unpaired) electrons. The zero-order valence-corrected chi connectivity index (χ0v) is 15.3. The van der Waals surface area contributed by atoms with Crippen LogP contribution < -0.4 is 5.32 Å². The average Bonchev–Trinajstić information content (AvgIpc) is 2.83. The van der Waals surface area contributed by atoms with Gasteiger partial charge in [0.1, 0.15) is 17.9 Å². The Morgan fingerprint density at radius 2 is 2.00 bits per heavy atom. The number of halogens is 2. The molecule has 0 atom stereocenters. The molecule has 0 unspecified atom stereocenters. The molecular formula is C15H14Cl2N4O5. The van der Waals surface area contributed by atoms with Crippen LogP contribution in [0.1, 0.15) is 11.4 Å². The van der Waals surface area contributed by atoms with Crippen LogP contribution in [0.15, 0.2) is 18.2 Å². The van der Waals surface area contributed by atoms with Crippen LogP contribution in [0.2, 0.25) is 10.0 Å². The Labute approximate surface area is 158 Å². The summed E-state index contributed by atoms with van der Waals surface area (Å²) in [6, 6.07) is 4.52. The smallest absolute Gasteiger partial charge is 0.328 e. The van der Waals surface area contributed by atoms with Gasteiger partial charge in [0, 0.05) is 5.69 Å². The Hall–Kier alpha value is -2.65. The minimum absolute atomic E-state index is 0.157. The molecule has 0 bridgehead atoms. The van der Waals surface area contributed by atoms with Crippen molar-refractivity contribution in [2.24, 2.45) is 0 Å². The Kier molecular flexibility index (Phi) is 6.17. The lowest BCUT2D eigenvalue weighted by Gasteiger charge is -2.08. The molecule has 1 amide bonds. The molecular weight excluding hydrogens is 387 g/mol. The number of nitrogens with zero attached hydrogens (tertiary/aromatic N) is 3. The highest BCUT2D eigenvalue weighted by Gasteiger charge is 2.23. The fraction of sp³-hybridized carbons (Fsp3) is 0.267. The topological polar surface area (TPSA) is 116 Å². The third-order valence-corrected chi connectivity index (χ3v) is 4.11. The van der Waals surface area contributed by atoms with Gasteiger partial charge in [0.15, 0.2) is 6.61 Å². The van der Waals surface area contributed by atoms with Gasteiger partial charge in [0.05, 0.1) is 15.0 Å². The van der Waals surface area contributed by atoms with Gasteiger partial charge in [-0.05, 0) is 32.0 Å². The van der Waals surface area contributed by atoms with E-state index in [1.54, 1.807) is 6.07 Å². The van der Waals surface area contributed by atoms with Crippen LogP contribution in [0.5, 0.6) is 0 Å².